The third-order valence-electron chi connectivity index (χ3n) is 12.9. The van der Waals surface area contributed by atoms with E-state index in [2.05, 4.69) is 140 Å². The van der Waals surface area contributed by atoms with Gasteiger partial charge in [-0.2, -0.15) is 10.5 Å². The van der Waals surface area contributed by atoms with Gasteiger partial charge in [0.05, 0.1) is 34.5 Å². The van der Waals surface area contributed by atoms with Gasteiger partial charge in [-0.15, -0.1) is 0 Å². The number of hydrogen-bond donors (Lipinski definition) is 0. The van der Waals surface area contributed by atoms with Crippen LogP contribution in [0.15, 0.2) is 185 Å². The molecule has 0 radical (unpaired) electrons. The van der Waals surface area contributed by atoms with Crippen molar-refractivity contribution in [2.24, 2.45) is 9.98 Å². The molecule has 3 aliphatic carbocycles. The predicted molar refractivity (Wildman–Crippen MR) is 239 cm³/mol. The molecule has 0 fully saturated rings. The fourth-order valence-electron chi connectivity index (χ4n) is 10.2. The molecule has 272 valence electrons. The van der Waals surface area contributed by atoms with Crippen LogP contribution in [0.2, 0.25) is 0 Å². The molecule has 0 N–H and O–H groups in total. The van der Waals surface area contributed by atoms with Crippen LogP contribution in [-0.4, -0.2) is 17.1 Å². The molecule has 4 heteroatoms. The van der Waals surface area contributed by atoms with E-state index in [1.54, 1.807) is 6.07 Å². The summed E-state index contributed by atoms with van der Waals surface area (Å²) < 4.78 is 0. The van der Waals surface area contributed by atoms with Gasteiger partial charge in [0.15, 0.2) is 5.84 Å². The lowest BCUT2D eigenvalue weighted by Crippen LogP contribution is -2.42. The van der Waals surface area contributed by atoms with E-state index in [1.807, 2.05) is 42.5 Å². The van der Waals surface area contributed by atoms with Crippen LogP contribution >= 0.6 is 0 Å². The van der Waals surface area contributed by atoms with Crippen molar-refractivity contribution in [3.05, 3.63) is 209 Å². The van der Waals surface area contributed by atoms with E-state index in [-0.39, 0.29) is 5.92 Å². The molecule has 2 atom stereocenters. The van der Waals surface area contributed by atoms with Crippen LogP contribution < -0.4 is 0 Å². The molecular formula is C55H32N4. The maximum atomic E-state index is 10.1. The van der Waals surface area contributed by atoms with Crippen LogP contribution in [0.1, 0.15) is 46.2 Å². The average molecular weight is 749 g/mol. The summed E-state index contributed by atoms with van der Waals surface area (Å²) in [7, 11) is 0. The number of nitriles is 2. The Kier molecular flexibility index (Phi) is 6.92. The molecule has 59 heavy (non-hydrogen) atoms. The highest BCUT2D eigenvalue weighted by Crippen LogP contribution is 2.55. The van der Waals surface area contributed by atoms with E-state index in [4.69, 9.17) is 9.98 Å². The van der Waals surface area contributed by atoms with Gasteiger partial charge in [0.1, 0.15) is 0 Å². The van der Waals surface area contributed by atoms with Gasteiger partial charge in [-0.3, -0.25) is 4.99 Å². The summed E-state index contributed by atoms with van der Waals surface area (Å²) in [5, 5.41) is 24.9. The molecule has 4 nitrogen and oxygen atoms in total. The van der Waals surface area contributed by atoms with Crippen molar-refractivity contribution in [1.82, 2.24) is 0 Å². The Labute approximate surface area is 341 Å². The molecule has 8 aromatic carbocycles. The van der Waals surface area contributed by atoms with Crippen molar-refractivity contribution in [3.63, 3.8) is 0 Å². The fourth-order valence-corrected chi connectivity index (χ4v) is 10.2. The normalized spacial score (nSPS) is 17.8. The summed E-state index contributed by atoms with van der Waals surface area (Å²) >= 11 is 0. The van der Waals surface area contributed by atoms with E-state index < -0.39 is 5.54 Å². The number of hydrogen-bond acceptors (Lipinski definition) is 4. The summed E-state index contributed by atoms with van der Waals surface area (Å²) in [5.41, 5.74) is 17.1. The molecule has 8 aromatic rings. The zero-order chi connectivity index (χ0) is 39.4. The molecular weight excluding hydrogens is 717 g/mol. The van der Waals surface area contributed by atoms with Gasteiger partial charge >= 0.3 is 0 Å². The zero-order valence-corrected chi connectivity index (χ0v) is 32.0. The topological polar surface area (TPSA) is 72.3 Å². The highest BCUT2D eigenvalue weighted by molar-refractivity contribution is 6.25. The second kappa shape index (κ2) is 12.3. The number of rotatable bonds is 4. The van der Waals surface area contributed by atoms with E-state index >= 15 is 0 Å². The smallest absolute Gasteiger partial charge is 0.156 e. The zero-order valence-electron chi connectivity index (χ0n) is 32.0. The molecule has 0 spiro atoms. The Morgan fingerprint density at radius 2 is 1.02 bits per heavy atom. The van der Waals surface area contributed by atoms with Crippen molar-refractivity contribution in [1.29, 1.82) is 10.5 Å². The Bertz CT molecular complexity index is 3380. The molecule has 4 aliphatic rings. The van der Waals surface area contributed by atoms with Crippen LogP contribution in [0.25, 0.3) is 71.6 Å². The van der Waals surface area contributed by atoms with Crippen LogP contribution in [0.4, 0.5) is 0 Å². The van der Waals surface area contributed by atoms with E-state index in [0.29, 0.717) is 17.0 Å². The van der Waals surface area contributed by atoms with Gasteiger partial charge in [0, 0.05) is 22.6 Å². The standard InChI is InChI=1S/C55H32N4/c1-55-49(42-23-25-48-41-17-5-3-15-39(41)45-20-9-21-46(42)52(45)48)28-36(37-22-24-47-40-16-4-2-14-38(40)44-19-8-18-43(37)51(44)47)29-50(55)53(34-12-6-10-32(26-34)30-56)58-54(59-55)35-13-7-11-33(27-35)31-57/h2-29,49H,1H3. The minimum Gasteiger partial charge on any atom is -0.254 e. The first-order valence-electron chi connectivity index (χ1n) is 20.0. The first kappa shape index (κ1) is 33.2. The third-order valence-corrected chi connectivity index (χ3v) is 12.9. The van der Waals surface area contributed by atoms with Gasteiger partial charge in [0.25, 0.3) is 0 Å². The predicted octanol–water partition coefficient (Wildman–Crippen LogP) is 12.8. The first-order valence-corrected chi connectivity index (χ1v) is 20.0. The Hall–Kier alpha value is -7.92. The molecule has 0 saturated heterocycles. The molecule has 0 saturated carbocycles. The molecule has 1 heterocycles. The summed E-state index contributed by atoms with van der Waals surface area (Å²) in [4.78, 5) is 11.0. The van der Waals surface area contributed by atoms with Gasteiger partial charge in [-0.25, -0.2) is 4.99 Å². The average Bonchev–Trinajstić information content (AvgIpc) is 3.80. The van der Waals surface area contributed by atoms with Crippen molar-refractivity contribution in [2.75, 3.05) is 0 Å². The van der Waals surface area contributed by atoms with E-state index in [0.717, 1.165) is 33.5 Å². The lowest BCUT2D eigenvalue weighted by Gasteiger charge is -2.42. The highest BCUT2D eigenvalue weighted by Gasteiger charge is 2.46. The van der Waals surface area contributed by atoms with Gasteiger partial charge in [-0.1, -0.05) is 140 Å². The number of nitrogens with zero attached hydrogens (tertiary/aromatic N) is 4. The Morgan fingerprint density at radius 1 is 0.508 bits per heavy atom. The van der Waals surface area contributed by atoms with E-state index in [1.165, 1.54) is 71.6 Å². The molecule has 12 rings (SSSR count). The summed E-state index contributed by atoms with van der Waals surface area (Å²) in [6.07, 6.45) is 4.73. The molecule has 0 amide bonds. The van der Waals surface area contributed by atoms with Crippen molar-refractivity contribution < 1.29 is 0 Å². The van der Waals surface area contributed by atoms with Crippen molar-refractivity contribution >= 4 is 38.7 Å². The Morgan fingerprint density at radius 3 is 1.66 bits per heavy atom. The molecule has 1 aliphatic heterocycles. The second-order valence-corrected chi connectivity index (χ2v) is 16.0. The molecule has 0 aromatic heterocycles. The Balaban J connectivity index is 1.16. The lowest BCUT2D eigenvalue weighted by molar-refractivity contribution is 0.508. The summed E-state index contributed by atoms with van der Waals surface area (Å²) in [6.45, 7) is 2.23. The number of aliphatic imine (C=N–C) groups is 2. The molecule has 2 unspecified atom stereocenters. The van der Waals surface area contributed by atoms with Crippen molar-refractivity contribution in [2.45, 2.75) is 18.4 Å². The van der Waals surface area contributed by atoms with Crippen LogP contribution in [0, 0.1) is 22.7 Å². The maximum absolute atomic E-state index is 10.1. The minimum absolute atomic E-state index is 0.232. The van der Waals surface area contributed by atoms with E-state index in [9.17, 15) is 10.5 Å². The first-order chi connectivity index (χ1) is 29.0. The number of benzene rings is 8. The lowest BCUT2D eigenvalue weighted by atomic mass is 9.67. The van der Waals surface area contributed by atoms with Crippen LogP contribution in [0.5, 0.6) is 0 Å². The van der Waals surface area contributed by atoms with Crippen LogP contribution in [-0.2, 0) is 0 Å². The SMILES string of the molecule is CC12N=C(c3cccc(C#N)c3)N=C(c3cccc(C#N)c3)C1=CC(c1ccc3c4c(cccc14)-c1ccccc1-3)=CC2c1ccc2c3c(cccc13)-c1ccccc1-2. The third kappa shape index (κ3) is 4.69. The summed E-state index contributed by atoms with van der Waals surface area (Å²) in [5.74, 6) is 0.326. The maximum Gasteiger partial charge on any atom is 0.156 e. The van der Waals surface area contributed by atoms with Crippen LogP contribution in [0.3, 0.4) is 0 Å². The quantitative estimate of drug-likeness (QED) is 0.180. The largest absolute Gasteiger partial charge is 0.254 e. The van der Waals surface area contributed by atoms with Gasteiger partial charge in [0.2, 0.25) is 0 Å². The van der Waals surface area contributed by atoms with Gasteiger partial charge in [-0.05, 0) is 120 Å². The monoisotopic (exact) mass is 748 g/mol. The van der Waals surface area contributed by atoms with Gasteiger partial charge < -0.3 is 0 Å². The number of allylic oxidation sites excluding steroid dienone is 2. The highest BCUT2D eigenvalue weighted by atomic mass is 15.0. The summed E-state index contributed by atoms with van der Waals surface area (Å²) in [6, 6.07) is 59.9. The second-order valence-electron chi connectivity index (χ2n) is 16.0. The number of amidine groups is 1. The minimum atomic E-state index is -0.836. The molecule has 0 bridgehead atoms. The van der Waals surface area contributed by atoms with Crippen molar-refractivity contribution in [3.8, 4) is 56.6 Å². The fraction of sp³-hybridized carbons (Fsp3) is 0.0545. The number of fused-ring (bicyclic) bond motifs is 7.